The number of carbonyl (C=O) groups excluding carboxylic acids is 2. The summed E-state index contributed by atoms with van der Waals surface area (Å²) in [6, 6.07) is 9.31. The van der Waals surface area contributed by atoms with Crippen LogP contribution in [0.15, 0.2) is 36.5 Å². The van der Waals surface area contributed by atoms with E-state index in [-0.39, 0.29) is 45.6 Å². The number of benzene rings is 1. The number of halogens is 3. The summed E-state index contributed by atoms with van der Waals surface area (Å²) in [5.41, 5.74) is 1.04. The van der Waals surface area contributed by atoms with Crippen molar-refractivity contribution in [2.45, 2.75) is 19.9 Å². The summed E-state index contributed by atoms with van der Waals surface area (Å²) in [7, 11) is 1.42. The molecule has 2 N–H and O–H groups in total. The van der Waals surface area contributed by atoms with Crippen molar-refractivity contribution in [2.24, 2.45) is 0 Å². The molecule has 4 rings (SSSR count). The second-order valence-electron chi connectivity index (χ2n) is 7.60. The molecule has 12 nitrogen and oxygen atoms in total. The summed E-state index contributed by atoms with van der Waals surface area (Å²) in [6.45, 7) is 1.36. The number of hydrogen-bond donors (Lipinski definition) is 2. The maximum absolute atomic E-state index is 13.5. The monoisotopic (exact) mass is 526 g/mol. The SMILES string of the molecule is CNC(=O)c1cc(C#N)cc(C)c1NC(=O)c1cc(Cn2nnnc2C(F)F)nn1-c1ncccc1Cl. The van der Waals surface area contributed by atoms with Crippen molar-refractivity contribution in [3.63, 3.8) is 0 Å². The Morgan fingerprint density at radius 1 is 1.24 bits per heavy atom. The number of pyridine rings is 1. The van der Waals surface area contributed by atoms with Crippen LogP contribution in [-0.4, -0.2) is 53.8 Å². The summed E-state index contributed by atoms with van der Waals surface area (Å²) in [6.07, 6.45) is -1.48. The lowest BCUT2D eigenvalue weighted by Gasteiger charge is -2.14. The smallest absolute Gasteiger partial charge is 0.298 e. The fraction of sp³-hybridized carbons (Fsp3) is 0.182. The molecule has 3 aromatic heterocycles. The molecule has 2 amide bonds. The highest BCUT2D eigenvalue weighted by molar-refractivity contribution is 6.32. The van der Waals surface area contributed by atoms with E-state index >= 15 is 0 Å². The average Bonchev–Trinajstić information content (AvgIpc) is 3.52. The van der Waals surface area contributed by atoms with Crippen LogP contribution in [0.2, 0.25) is 5.02 Å². The number of anilines is 1. The molecule has 0 radical (unpaired) electrons. The summed E-state index contributed by atoms with van der Waals surface area (Å²) in [5, 5.41) is 29.1. The number of alkyl halides is 2. The van der Waals surface area contributed by atoms with Crippen molar-refractivity contribution in [1.29, 1.82) is 5.26 Å². The van der Waals surface area contributed by atoms with E-state index in [1.165, 1.54) is 37.5 Å². The minimum absolute atomic E-state index is 0.0612. The van der Waals surface area contributed by atoms with Gasteiger partial charge in [-0.15, -0.1) is 5.10 Å². The topological polar surface area (TPSA) is 156 Å². The van der Waals surface area contributed by atoms with Crippen LogP contribution in [0.25, 0.3) is 5.82 Å². The van der Waals surface area contributed by atoms with Crippen LogP contribution in [0.5, 0.6) is 0 Å². The summed E-state index contributed by atoms with van der Waals surface area (Å²) >= 11 is 6.28. The van der Waals surface area contributed by atoms with Crippen molar-refractivity contribution >= 4 is 29.1 Å². The third kappa shape index (κ3) is 5.11. The molecule has 3 heterocycles. The minimum atomic E-state index is -2.92. The largest absolute Gasteiger partial charge is 0.355 e. The van der Waals surface area contributed by atoms with E-state index in [4.69, 9.17) is 11.6 Å². The van der Waals surface area contributed by atoms with Gasteiger partial charge in [-0.25, -0.2) is 23.1 Å². The van der Waals surface area contributed by atoms with Crippen LogP contribution in [-0.2, 0) is 6.54 Å². The first-order chi connectivity index (χ1) is 17.7. The van der Waals surface area contributed by atoms with Crippen LogP contribution >= 0.6 is 11.6 Å². The predicted molar refractivity (Wildman–Crippen MR) is 125 cm³/mol. The van der Waals surface area contributed by atoms with E-state index in [1.807, 2.05) is 6.07 Å². The van der Waals surface area contributed by atoms with Gasteiger partial charge >= 0.3 is 0 Å². The van der Waals surface area contributed by atoms with Crippen molar-refractivity contribution < 1.29 is 18.4 Å². The van der Waals surface area contributed by atoms with Gasteiger partial charge in [0.1, 0.15) is 5.69 Å². The van der Waals surface area contributed by atoms with Gasteiger partial charge in [-0.3, -0.25) is 9.59 Å². The zero-order chi connectivity index (χ0) is 26.7. The number of rotatable bonds is 7. The second kappa shape index (κ2) is 10.5. The molecule has 0 saturated carbocycles. The Hall–Kier alpha value is -4.77. The molecular weight excluding hydrogens is 510 g/mol. The van der Waals surface area contributed by atoms with Crippen molar-refractivity contribution in [1.82, 2.24) is 40.3 Å². The van der Waals surface area contributed by atoms with Crippen molar-refractivity contribution in [3.05, 3.63) is 75.5 Å². The number of aromatic nitrogens is 7. The quantitative estimate of drug-likeness (QED) is 0.372. The first-order valence-corrected chi connectivity index (χ1v) is 10.9. The predicted octanol–water partition coefficient (Wildman–Crippen LogP) is 2.69. The van der Waals surface area contributed by atoms with Gasteiger partial charge in [0, 0.05) is 13.2 Å². The molecule has 0 aliphatic rings. The number of carbonyl (C=O) groups is 2. The normalized spacial score (nSPS) is 10.8. The van der Waals surface area contributed by atoms with E-state index in [2.05, 4.69) is 36.2 Å². The third-order valence-corrected chi connectivity index (χ3v) is 5.47. The molecule has 0 aliphatic heterocycles. The van der Waals surface area contributed by atoms with Crippen molar-refractivity contribution in [2.75, 3.05) is 12.4 Å². The van der Waals surface area contributed by atoms with E-state index < -0.39 is 24.1 Å². The number of tetrazole rings is 1. The summed E-state index contributed by atoms with van der Waals surface area (Å²) < 4.78 is 28.5. The number of aryl methyl sites for hydroxylation is 1. The van der Waals surface area contributed by atoms with E-state index in [1.54, 1.807) is 13.0 Å². The minimum Gasteiger partial charge on any atom is -0.355 e. The number of nitriles is 1. The second-order valence-corrected chi connectivity index (χ2v) is 8.00. The molecule has 0 bridgehead atoms. The van der Waals surface area contributed by atoms with Crippen LogP contribution in [0.4, 0.5) is 14.5 Å². The number of amides is 2. The van der Waals surface area contributed by atoms with Gasteiger partial charge < -0.3 is 10.6 Å². The molecule has 0 atom stereocenters. The Bertz CT molecular complexity index is 1540. The molecule has 0 aliphatic carbocycles. The zero-order valence-corrected chi connectivity index (χ0v) is 20.0. The number of nitrogens with one attached hydrogen (secondary N) is 2. The van der Waals surface area contributed by atoms with Crippen molar-refractivity contribution in [3.8, 4) is 11.9 Å². The molecule has 0 saturated heterocycles. The first kappa shape index (κ1) is 25.3. The average molecular weight is 527 g/mol. The van der Waals surface area contributed by atoms with Gasteiger partial charge in [0.15, 0.2) is 5.82 Å². The summed E-state index contributed by atoms with van der Waals surface area (Å²) in [5.74, 6) is -1.78. The Morgan fingerprint density at radius 3 is 2.70 bits per heavy atom. The van der Waals surface area contributed by atoms with Gasteiger partial charge in [0.25, 0.3) is 18.2 Å². The van der Waals surface area contributed by atoms with Crippen LogP contribution in [0, 0.1) is 18.3 Å². The van der Waals surface area contributed by atoms with Gasteiger partial charge in [0.05, 0.1) is 40.1 Å². The van der Waals surface area contributed by atoms with E-state index in [0.29, 0.717) is 5.56 Å². The molecule has 0 unspecified atom stereocenters. The van der Waals surface area contributed by atoms with Crippen LogP contribution < -0.4 is 10.6 Å². The van der Waals surface area contributed by atoms with E-state index in [0.717, 1.165) is 9.36 Å². The molecule has 1 aromatic carbocycles. The lowest BCUT2D eigenvalue weighted by atomic mass is 10.0. The fourth-order valence-electron chi connectivity index (χ4n) is 3.51. The zero-order valence-electron chi connectivity index (χ0n) is 19.3. The molecule has 15 heteroatoms. The Labute approximate surface area is 212 Å². The molecule has 0 spiro atoms. The number of nitrogens with zero attached hydrogens (tertiary/aromatic N) is 8. The molecular formula is C22H17ClF2N10O2. The third-order valence-electron chi connectivity index (χ3n) is 5.17. The fourth-order valence-corrected chi connectivity index (χ4v) is 3.71. The maximum atomic E-state index is 13.5. The lowest BCUT2D eigenvalue weighted by molar-refractivity contribution is 0.0963. The standard InChI is InChI=1S/C22H17ClF2N10O2/c1-11-6-12(9-26)7-14(21(36)27-2)17(11)29-22(37)16-8-13(10-34-20(18(24)25)30-32-33-34)31-35(16)19-15(23)4-3-5-28-19/h3-8,18H,10H2,1-2H3,(H,27,36)(H,29,37). The Balaban J connectivity index is 1.79. The van der Waals surface area contributed by atoms with Crippen LogP contribution in [0.3, 0.4) is 0 Å². The summed E-state index contributed by atoms with van der Waals surface area (Å²) in [4.78, 5) is 30.1. The molecule has 0 fully saturated rings. The van der Waals surface area contributed by atoms with Gasteiger partial charge in [-0.1, -0.05) is 11.6 Å². The highest BCUT2D eigenvalue weighted by Gasteiger charge is 2.24. The lowest BCUT2D eigenvalue weighted by Crippen LogP contribution is -2.24. The highest BCUT2D eigenvalue weighted by atomic mass is 35.5. The Kier molecular flexibility index (Phi) is 7.16. The first-order valence-electron chi connectivity index (χ1n) is 10.6. The van der Waals surface area contributed by atoms with Crippen LogP contribution in [0.1, 0.15) is 49.9 Å². The van der Waals surface area contributed by atoms with E-state index in [9.17, 15) is 23.6 Å². The molecule has 188 valence electrons. The van der Waals surface area contributed by atoms with Gasteiger partial charge in [0.2, 0.25) is 5.82 Å². The molecule has 4 aromatic rings. The maximum Gasteiger partial charge on any atom is 0.298 e. The highest BCUT2D eigenvalue weighted by Crippen LogP contribution is 2.26. The van der Waals surface area contributed by atoms with Gasteiger partial charge in [-0.2, -0.15) is 10.4 Å². The molecule has 37 heavy (non-hydrogen) atoms. The Morgan fingerprint density at radius 2 is 2.03 bits per heavy atom. The van der Waals surface area contributed by atoms with Gasteiger partial charge in [-0.05, 0) is 53.2 Å². The number of hydrogen-bond acceptors (Lipinski definition) is 8.